The minimum absolute atomic E-state index is 0.450. The summed E-state index contributed by atoms with van der Waals surface area (Å²) in [6.45, 7) is 3.51. The third kappa shape index (κ3) is 3.04. The Morgan fingerprint density at radius 1 is 1.20 bits per heavy atom. The molecule has 4 N–H and O–H groups in total. The van der Waals surface area contributed by atoms with Crippen molar-refractivity contribution in [3.63, 3.8) is 0 Å². The monoisotopic (exact) mass is 398 g/mol. The number of nitrogens with two attached hydrogens (primary N) is 1. The highest BCUT2D eigenvalue weighted by atomic mass is 16.1. The molecule has 150 valence electrons. The molecule has 4 heterocycles. The average molecular weight is 398 g/mol. The summed E-state index contributed by atoms with van der Waals surface area (Å²) in [7, 11) is 0. The zero-order valence-corrected chi connectivity index (χ0v) is 16.6. The maximum absolute atomic E-state index is 11.9. The molecule has 5 rings (SSSR count). The predicted octanol–water partition coefficient (Wildman–Crippen LogP) is 3.38. The van der Waals surface area contributed by atoms with E-state index in [9.17, 15) is 4.79 Å². The smallest absolute Gasteiger partial charge is 0.250 e. The standard InChI is InChI=1S/C23H22N6O/c1-14-12-18-16(21(24)30)8-5-11-29(18)20(14)23-27-17-9-10-25-19(17)22(28-23)26-13-15-6-3-2-4-7-15/h2-8,11-12,25H,9-10,13H2,1H3,(H2,24,30)(H,26,27,28). The van der Waals surface area contributed by atoms with E-state index < -0.39 is 5.91 Å². The van der Waals surface area contributed by atoms with E-state index in [1.54, 1.807) is 6.07 Å². The van der Waals surface area contributed by atoms with E-state index in [0.29, 0.717) is 17.9 Å². The fourth-order valence-electron chi connectivity index (χ4n) is 4.01. The lowest BCUT2D eigenvalue weighted by molar-refractivity contribution is 0.100. The van der Waals surface area contributed by atoms with Crippen LogP contribution in [0.25, 0.3) is 17.0 Å². The van der Waals surface area contributed by atoms with Crippen LogP contribution < -0.4 is 16.4 Å². The van der Waals surface area contributed by atoms with Crippen LogP contribution >= 0.6 is 0 Å². The van der Waals surface area contributed by atoms with Gasteiger partial charge in [-0.3, -0.25) is 4.79 Å². The number of nitrogens with zero attached hydrogens (tertiary/aromatic N) is 3. The zero-order valence-electron chi connectivity index (χ0n) is 16.6. The van der Waals surface area contributed by atoms with E-state index in [1.807, 2.05) is 47.9 Å². The lowest BCUT2D eigenvalue weighted by Gasteiger charge is -2.13. The van der Waals surface area contributed by atoms with Crippen molar-refractivity contribution in [3.05, 3.63) is 77.1 Å². The van der Waals surface area contributed by atoms with E-state index in [4.69, 9.17) is 15.7 Å². The Bertz CT molecular complexity index is 1260. The Kier molecular flexibility index (Phi) is 4.35. The summed E-state index contributed by atoms with van der Waals surface area (Å²) < 4.78 is 1.94. The van der Waals surface area contributed by atoms with Crippen molar-refractivity contribution in [2.75, 3.05) is 17.2 Å². The molecule has 0 unspecified atom stereocenters. The molecule has 0 atom stereocenters. The second-order valence-corrected chi connectivity index (χ2v) is 7.45. The average Bonchev–Trinajstić information content (AvgIpc) is 3.35. The first-order valence-electron chi connectivity index (χ1n) is 9.95. The first-order valence-corrected chi connectivity index (χ1v) is 9.95. The summed E-state index contributed by atoms with van der Waals surface area (Å²) >= 11 is 0. The molecule has 0 radical (unpaired) electrons. The van der Waals surface area contributed by atoms with Crippen LogP contribution in [0.1, 0.15) is 27.2 Å². The molecule has 1 aromatic carbocycles. The van der Waals surface area contributed by atoms with E-state index in [0.717, 1.165) is 46.9 Å². The summed E-state index contributed by atoms with van der Waals surface area (Å²) in [5, 5.41) is 6.86. The second-order valence-electron chi connectivity index (χ2n) is 7.45. The number of rotatable bonds is 5. The molecule has 7 heteroatoms. The van der Waals surface area contributed by atoms with Gasteiger partial charge in [0.2, 0.25) is 0 Å². The van der Waals surface area contributed by atoms with Crippen molar-refractivity contribution >= 4 is 22.9 Å². The molecule has 0 bridgehead atoms. The summed E-state index contributed by atoms with van der Waals surface area (Å²) in [6, 6.07) is 15.7. The minimum atomic E-state index is -0.450. The van der Waals surface area contributed by atoms with Gasteiger partial charge in [0, 0.05) is 25.7 Å². The number of primary amides is 1. The van der Waals surface area contributed by atoms with E-state index >= 15 is 0 Å². The number of aromatic nitrogens is 3. The van der Waals surface area contributed by atoms with Crippen molar-refractivity contribution < 1.29 is 4.79 Å². The molecule has 0 saturated heterocycles. The number of aryl methyl sites for hydroxylation is 1. The van der Waals surface area contributed by atoms with Gasteiger partial charge in [-0.2, -0.15) is 0 Å². The molecule has 1 amide bonds. The van der Waals surface area contributed by atoms with Crippen molar-refractivity contribution in [1.29, 1.82) is 0 Å². The number of carbonyl (C=O) groups excluding carboxylic acids is 1. The molecule has 0 saturated carbocycles. The number of carbonyl (C=O) groups is 1. The van der Waals surface area contributed by atoms with Gasteiger partial charge in [0.05, 0.1) is 28.2 Å². The van der Waals surface area contributed by atoms with Crippen molar-refractivity contribution in [3.8, 4) is 11.5 Å². The lowest BCUT2D eigenvalue weighted by Crippen LogP contribution is -2.12. The number of hydrogen-bond acceptors (Lipinski definition) is 5. The van der Waals surface area contributed by atoms with Gasteiger partial charge in [0.15, 0.2) is 11.6 Å². The Morgan fingerprint density at radius 2 is 2.03 bits per heavy atom. The highest BCUT2D eigenvalue weighted by Gasteiger charge is 2.22. The van der Waals surface area contributed by atoms with Crippen LogP contribution in [0.4, 0.5) is 11.5 Å². The van der Waals surface area contributed by atoms with Gasteiger partial charge < -0.3 is 20.8 Å². The zero-order chi connectivity index (χ0) is 20.7. The van der Waals surface area contributed by atoms with Gasteiger partial charge >= 0.3 is 0 Å². The second kappa shape index (κ2) is 7.18. The summed E-state index contributed by atoms with van der Waals surface area (Å²) in [6.07, 6.45) is 2.76. The van der Waals surface area contributed by atoms with Crippen molar-refractivity contribution in [2.24, 2.45) is 5.73 Å². The third-order valence-corrected chi connectivity index (χ3v) is 5.43. The molecule has 4 aromatic rings. The van der Waals surface area contributed by atoms with Crippen LogP contribution in [0, 0.1) is 6.92 Å². The number of fused-ring (bicyclic) bond motifs is 2. The Labute approximate surface area is 174 Å². The maximum atomic E-state index is 11.9. The molecular formula is C23H22N6O. The molecule has 30 heavy (non-hydrogen) atoms. The Morgan fingerprint density at radius 3 is 2.83 bits per heavy atom. The van der Waals surface area contributed by atoms with Crippen LogP contribution in [-0.4, -0.2) is 26.8 Å². The Balaban J connectivity index is 1.61. The lowest BCUT2D eigenvalue weighted by atomic mass is 10.2. The summed E-state index contributed by atoms with van der Waals surface area (Å²) in [5.74, 6) is 0.970. The van der Waals surface area contributed by atoms with E-state index in [-0.39, 0.29) is 0 Å². The molecule has 7 nitrogen and oxygen atoms in total. The first-order chi connectivity index (χ1) is 14.6. The topological polar surface area (TPSA) is 97.3 Å². The molecule has 3 aromatic heterocycles. The highest BCUT2D eigenvalue weighted by molar-refractivity contribution is 6.00. The molecule has 0 aliphatic carbocycles. The summed E-state index contributed by atoms with van der Waals surface area (Å²) in [5.41, 5.74) is 11.8. The predicted molar refractivity (Wildman–Crippen MR) is 118 cm³/mol. The van der Waals surface area contributed by atoms with Crippen molar-refractivity contribution in [2.45, 2.75) is 19.9 Å². The first kappa shape index (κ1) is 18.2. The van der Waals surface area contributed by atoms with Gasteiger partial charge in [-0.05, 0) is 36.2 Å². The molecule has 0 fully saturated rings. The van der Waals surface area contributed by atoms with Crippen LogP contribution in [0.5, 0.6) is 0 Å². The van der Waals surface area contributed by atoms with Crippen LogP contribution in [0.15, 0.2) is 54.7 Å². The maximum Gasteiger partial charge on any atom is 0.250 e. The largest absolute Gasteiger partial charge is 0.380 e. The van der Waals surface area contributed by atoms with E-state index in [1.165, 1.54) is 5.56 Å². The number of pyridine rings is 1. The fraction of sp³-hybridized carbons (Fsp3) is 0.174. The Hall–Kier alpha value is -3.87. The van der Waals surface area contributed by atoms with Gasteiger partial charge in [0.25, 0.3) is 5.91 Å². The highest BCUT2D eigenvalue weighted by Crippen LogP contribution is 2.33. The van der Waals surface area contributed by atoms with Crippen molar-refractivity contribution in [1.82, 2.24) is 14.4 Å². The SMILES string of the molecule is Cc1cc2c(C(N)=O)cccn2c1-c1nc2c(c(NCc3ccccc3)n1)NCC2. The molecular weight excluding hydrogens is 376 g/mol. The summed E-state index contributed by atoms with van der Waals surface area (Å²) in [4.78, 5) is 21.6. The van der Waals surface area contributed by atoms with Gasteiger partial charge in [-0.15, -0.1) is 0 Å². The third-order valence-electron chi connectivity index (χ3n) is 5.43. The van der Waals surface area contributed by atoms with Crippen LogP contribution in [-0.2, 0) is 13.0 Å². The van der Waals surface area contributed by atoms with Crippen LogP contribution in [0.3, 0.4) is 0 Å². The van der Waals surface area contributed by atoms with Gasteiger partial charge in [-0.1, -0.05) is 30.3 Å². The number of nitrogens with one attached hydrogen (secondary N) is 2. The number of amides is 1. The molecule has 1 aliphatic heterocycles. The van der Waals surface area contributed by atoms with E-state index in [2.05, 4.69) is 22.8 Å². The van der Waals surface area contributed by atoms with Crippen LogP contribution in [0.2, 0.25) is 0 Å². The van der Waals surface area contributed by atoms with Gasteiger partial charge in [0.1, 0.15) is 0 Å². The fourth-order valence-corrected chi connectivity index (χ4v) is 4.01. The quantitative estimate of drug-likeness (QED) is 0.479. The molecule has 1 aliphatic rings. The number of hydrogen-bond donors (Lipinski definition) is 3. The van der Waals surface area contributed by atoms with Gasteiger partial charge in [-0.25, -0.2) is 9.97 Å². The number of benzene rings is 1. The minimum Gasteiger partial charge on any atom is -0.380 e. The normalized spacial score (nSPS) is 12.6. The molecule has 0 spiro atoms. The number of anilines is 2.